The number of hydrogen-bond acceptors (Lipinski definition) is 5. The molecule has 0 aliphatic carbocycles. The highest BCUT2D eigenvalue weighted by Crippen LogP contribution is 2.22. The van der Waals surface area contributed by atoms with Gasteiger partial charge >= 0.3 is 0 Å². The number of rotatable bonds is 3. The molecule has 0 N–H and O–H groups in total. The van der Waals surface area contributed by atoms with Gasteiger partial charge in [-0.15, -0.1) is 0 Å². The summed E-state index contributed by atoms with van der Waals surface area (Å²) in [5.41, 5.74) is 1.21. The summed E-state index contributed by atoms with van der Waals surface area (Å²) in [6.07, 6.45) is 2.43. The highest BCUT2D eigenvalue weighted by Gasteiger charge is 2.16. The Bertz CT molecular complexity index is 587. The maximum atomic E-state index is 10.7. The van der Waals surface area contributed by atoms with Gasteiger partial charge in [-0.05, 0) is 32.0 Å². The molecular formula is C12H13N3O3. The standard InChI is InChI=1S/C12H13N3O3/c16-15(17)9-3-4-11-10(7-9)13-12(18-11)8-14-5-1-2-6-14/h3-4,7H,1-2,5-6,8H2. The summed E-state index contributed by atoms with van der Waals surface area (Å²) in [4.78, 5) is 16.8. The maximum absolute atomic E-state index is 10.7. The average Bonchev–Trinajstić information content (AvgIpc) is 2.96. The highest BCUT2D eigenvalue weighted by molar-refractivity contribution is 5.75. The fraction of sp³-hybridized carbons (Fsp3) is 0.417. The van der Waals surface area contributed by atoms with E-state index in [1.165, 1.54) is 25.0 Å². The van der Waals surface area contributed by atoms with Gasteiger partial charge in [0, 0.05) is 12.1 Å². The number of benzene rings is 1. The van der Waals surface area contributed by atoms with Gasteiger partial charge in [0.1, 0.15) is 5.52 Å². The molecule has 1 aromatic heterocycles. The minimum atomic E-state index is -0.422. The predicted molar refractivity (Wildman–Crippen MR) is 65.2 cm³/mol. The van der Waals surface area contributed by atoms with Crippen molar-refractivity contribution in [2.24, 2.45) is 0 Å². The van der Waals surface area contributed by atoms with Crippen LogP contribution in [0.1, 0.15) is 18.7 Å². The summed E-state index contributed by atoms with van der Waals surface area (Å²) in [7, 11) is 0. The van der Waals surface area contributed by atoms with E-state index in [9.17, 15) is 10.1 Å². The molecule has 0 unspecified atom stereocenters. The number of nitrogens with zero attached hydrogens (tertiary/aromatic N) is 3. The Morgan fingerprint density at radius 3 is 2.89 bits per heavy atom. The second-order valence-corrected chi connectivity index (χ2v) is 4.50. The minimum Gasteiger partial charge on any atom is -0.439 e. The number of non-ortho nitro benzene ring substituents is 1. The van der Waals surface area contributed by atoms with Crippen LogP contribution in [0.4, 0.5) is 5.69 Å². The number of aromatic nitrogens is 1. The third-order valence-corrected chi connectivity index (χ3v) is 3.18. The van der Waals surface area contributed by atoms with E-state index in [1.807, 2.05) is 0 Å². The van der Waals surface area contributed by atoms with Crippen LogP contribution in [0.3, 0.4) is 0 Å². The van der Waals surface area contributed by atoms with E-state index in [0.717, 1.165) is 13.1 Å². The molecule has 0 spiro atoms. The Morgan fingerprint density at radius 2 is 2.17 bits per heavy atom. The Morgan fingerprint density at radius 1 is 1.39 bits per heavy atom. The van der Waals surface area contributed by atoms with Crippen LogP contribution in [-0.2, 0) is 6.54 Å². The van der Waals surface area contributed by atoms with Crippen molar-refractivity contribution in [3.8, 4) is 0 Å². The van der Waals surface area contributed by atoms with Gasteiger partial charge in [-0.2, -0.15) is 0 Å². The molecule has 6 heteroatoms. The molecule has 0 radical (unpaired) electrons. The Kier molecular flexibility index (Phi) is 2.71. The summed E-state index contributed by atoms with van der Waals surface area (Å²) in [6.45, 7) is 2.82. The van der Waals surface area contributed by atoms with Crippen LogP contribution in [0.25, 0.3) is 11.1 Å². The number of likely N-dealkylation sites (tertiary alicyclic amines) is 1. The minimum absolute atomic E-state index is 0.0449. The second-order valence-electron chi connectivity index (χ2n) is 4.50. The fourth-order valence-electron chi connectivity index (χ4n) is 2.28. The van der Waals surface area contributed by atoms with Crippen molar-refractivity contribution >= 4 is 16.8 Å². The highest BCUT2D eigenvalue weighted by atomic mass is 16.6. The summed E-state index contributed by atoms with van der Waals surface area (Å²) in [5.74, 6) is 0.632. The van der Waals surface area contributed by atoms with Gasteiger partial charge in [0.2, 0.25) is 5.89 Å². The van der Waals surface area contributed by atoms with Crippen LogP contribution in [0.2, 0.25) is 0 Å². The molecule has 6 nitrogen and oxygen atoms in total. The Hall–Kier alpha value is -1.95. The summed E-state index contributed by atoms with van der Waals surface area (Å²) in [5, 5.41) is 10.7. The third kappa shape index (κ3) is 2.06. The van der Waals surface area contributed by atoms with Crippen molar-refractivity contribution in [1.29, 1.82) is 0 Å². The lowest BCUT2D eigenvalue weighted by Crippen LogP contribution is -2.18. The molecule has 0 saturated carbocycles. The van der Waals surface area contributed by atoms with E-state index >= 15 is 0 Å². The number of nitro benzene ring substituents is 1. The largest absolute Gasteiger partial charge is 0.439 e. The van der Waals surface area contributed by atoms with Crippen LogP contribution >= 0.6 is 0 Å². The monoisotopic (exact) mass is 247 g/mol. The van der Waals surface area contributed by atoms with Crippen molar-refractivity contribution in [3.63, 3.8) is 0 Å². The zero-order valence-electron chi connectivity index (χ0n) is 9.83. The van der Waals surface area contributed by atoms with Crippen molar-refractivity contribution in [1.82, 2.24) is 9.88 Å². The lowest BCUT2D eigenvalue weighted by Gasteiger charge is -2.10. The van der Waals surface area contributed by atoms with E-state index in [2.05, 4.69) is 9.88 Å². The third-order valence-electron chi connectivity index (χ3n) is 3.18. The van der Waals surface area contributed by atoms with E-state index in [-0.39, 0.29) is 5.69 Å². The van der Waals surface area contributed by atoms with Crippen LogP contribution < -0.4 is 0 Å². The first-order chi connectivity index (χ1) is 8.72. The molecule has 0 atom stereocenters. The zero-order valence-corrected chi connectivity index (χ0v) is 9.83. The lowest BCUT2D eigenvalue weighted by molar-refractivity contribution is -0.384. The van der Waals surface area contributed by atoms with Crippen LogP contribution in [0.5, 0.6) is 0 Å². The first kappa shape index (κ1) is 11.2. The summed E-state index contributed by atoms with van der Waals surface area (Å²) in [6, 6.07) is 4.49. The summed E-state index contributed by atoms with van der Waals surface area (Å²) >= 11 is 0. The first-order valence-electron chi connectivity index (χ1n) is 5.98. The van der Waals surface area contributed by atoms with Crippen LogP contribution in [0, 0.1) is 10.1 Å². The van der Waals surface area contributed by atoms with E-state index in [0.29, 0.717) is 23.5 Å². The van der Waals surface area contributed by atoms with Crippen LogP contribution in [-0.4, -0.2) is 27.9 Å². The molecule has 1 aliphatic rings. The molecule has 2 aromatic rings. The van der Waals surface area contributed by atoms with Gasteiger partial charge in [0.15, 0.2) is 5.58 Å². The van der Waals surface area contributed by atoms with Gasteiger partial charge in [-0.25, -0.2) is 4.98 Å². The van der Waals surface area contributed by atoms with E-state index in [4.69, 9.17) is 4.42 Å². The van der Waals surface area contributed by atoms with Crippen LogP contribution in [0.15, 0.2) is 22.6 Å². The normalized spacial score (nSPS) is 16.4. The van der Waals surface area contributed by atoms with Gasteiger partial charge in [0.25, 0.3) is 5.69 Å². The van der Waals surface area contributed by atoms with E-state index < -0.39 is 4.92 Å². The Balaban J connectivity index is 1.87. The van der Waals surface area contributed by atoms with Crippen molar-refractivity contribution < 1.29 is 9.34 Å². The molecular weight excluding hydrogens is 234 g/mol. The maximum Gasteiger partial charge on any atom is 0.271 e. The van der Waals surface area contributed by atoms with Crippen molar-refractivity contribution in [2.75, 3.05) is 13.1 Å². The molecule has 3 rings (SSSR count). The van der Waals surface area contributed by atoms with Crippen molar-refractivity contribution in [3.05, 3.63) is 34.2 Å². The molecule has 18 heavy (non-hydrogen) atoms. The topological polar surface area (TPSA) is 72.4 Å². The number of fused-ring (bicyclic) bond motifs is 1. The summed E-state index contributed by atoms with van der Waals surface area (Å²) < 4.78 is 5.59. The van der Waals surface area contributed by atoms with Gasteiger partial charge in [0.05, 0.1) is 11.5 Å². The molecule has 1 aliphatic heterocycles. The quantitative estimate of drug-likeness (QED) is 0.614. The molecule has 94 valence electrons. The van der Waals surface area contributed by atoms with Crippen molar-refractivity contribution in [2.45, 2.75) is 19.4 Å². The number of nitro groups is 1. The number of oxazole rings is 1. The smallest absolute Gasteiger partial charge is 0.271 e. The fourth-order valence-corrected chi connectivity index (χ4v) is 2.28. The second kappa shape index (κ2) is 4.38. The SMILES string of the molecule is O=[N+]([O-])c1ccc2oc(CN3CCCC3)nc2c1. The number of hydrogen-bond donors (Lipinski definition) is 0. The predicted octanol–water partition coefficient (Wildman–Crippen LogP) is 2.33. The van der Waals surface area contributed by atoms with Gasteiger partial charge < -0.3 is 4.42 Å². The molecule has 1 aromatic carbocycles. The molecule has 1 saturated heterocycles. The Labute approximate surface area is 103 Å². The molecule has 2 heterocycles. The van der Waals surface area contributed by atoms with Gasteiger partial charge in [-0.1, -0.05) is 0 Å². The molecule has 0 bridgehead atoms. The zero-order chi connectivity index (χ0) is 12.5. The lowest BCUT2D eigenvalue weighted by atomic mass is 10.3. The first-order valence-corrected chi connectivity index (χ1v) is 5.98. The molecule has 1 fully saturated rings. The average molecular weight is 247 g/mol. The molecule has 0 amide bonds. The van der Waals surface area contributed by atoms with E-state index in [1.54, 1.807) is 6.07 Å². The van der Waals surface area contributed by atoms with Gasteiger partial charge in [-0.3, -0.25) is 15.0 Å².